The summed E-state index contributed by atoms with van der Waals surface area (Å²) in [6.45, 7) is 0. The third kappa shape index (κ3) is 5.10. The Morgan fingerprint density at radius 3 is 2.78 bits per heavy atom. The van der Waals surface area contributed by atoms with Crippen molar-refractivity contribution in [3.05, 3.63) is 64.8 Å². The molecule has 0 aliphatic carbocycles. The average Bonchev–Trinajstić information content (AvgIpc) is 3.20. The normalized spacial score (nSPS) is 20.7. The fourth-order valence-corrected chi connectivity index (χ4v) is 5.18. The monoisotopic (exact) mass is 478 g/mol. The SMILES string of the molecule is Nc1nc(/C(=C/CCc2ccccc2)C([O-])=N[C@@H]2C(=O)N3C(C(=O)O)=CCS[C@H]23)cs1.[Na+]. The first-order valence-electron chi connectivity index (χ1n) is 9.54. The molecule has 2 aromatic rings. The molecule has 0 saturated carbocycles. The molecule has 32 heavy (non-hydrogen) atoms. The quantitative estimate of drug-likeness (QED) is 0.220. The second kappa shape index (κ2) is 10.7. The Kier molecular flexibility index (Phi) is 8.18. The number of carboxylic acids is 1. The Hall–Kier alpha value is -2.11. The first-order valence-corrected chi connectivity index (χ1v) is 11.5. The number of nitrogens with two attached hydrogens (primary N) is 1. The van der Waals surface area contributed by atoms with Crippen LogP contribution < -0.4 is 40.4 Å². The molecule has 1 saturated heterocycles. The molecule has 1 fully saturated rings. The first kappa shape index (κ1) is 24.5. The summed E-state index contributed by atoms with van der Waals surface area (Å²) in [4.78, 5) is 33.4. The van der Waals surface area contributed by atoms with Crippen LogP contribution in [0.4, 0.5) is 5.13 Å². The van der Waals surface area contributed by atoms with Crippen LogP contribution in [0, 0.1) is 0 Å². The number of carboxylic acid groups (broad SMARTS) is 1. The van der Waals surface area contributed by atoms with Gasteiger partial charge >= 0.3 is 35.5 Å². The fourth-order valence-electron chi connectivity index (χ4n) is 3.44. The molecule has 0 unspecified atom stereocenters. The summed E-state index contributed by atoms with van der Waals surface area (Å²) < 4.78 is 0. The number of amides is 1. The zero-order chi connectivity index (χ0) is 22.0. The summed E-state index contributed by atoms with van der Waals surface area (Å²) in [6.07, 6.45) is 4.59. The van der Waals surface area contributed by atoms with E-state index >= 15 is 0 Å². The van der Waals surface area contributed by atoms with E-state index in [1.807, 2.05) is 30.3 Å². The summed E-state index contributed by atoms with van der Waals surface area (Å²) >= 11 is 2.60. The maximum atomic E-state index is 13.0. The maximum Gasteiger partial charge on any atom is 1.00 e. The molecule has 1 aromatic heterocycles. The van der Waals surface area contributed by atoms with Crippen LogP contribution in [0.1, 0.15) is 17.7 Å². The van der Waals surface area contributed by atoms with Crippen molar-refractivity contribution >= 4 is 51.6 Å². The van der Waals surface area contributed by atoms with E-state index in [9.17, 15) is 19.8 Å². The Bertz CT molecular complexity index is 1100. The minimum Gasteiger partial charge on any atom is -0.858 e. The van der Waals surface area contributed by atoms with Gasteiger partial charge in [-0.25, -0.2) is 9.78 Å². The molecule has 4 rings (SSSR count). The topological polar surface area (TPSA) is 132 Å². The molecule has 8 nitrogen and oxygen atoms in total. The van der Waals surface area contributed by atoms with Crippen molar-refractivity contribution in [2.24, 2.45) is 4.99 Å². The van der Waals surface area contributed by atoms with Gasteiger partial charge in [-0.2, -0.15) is 0 Å². The zero-order valence-corrected chi connectivity index (χ0v) is 20.9. The van der Waals surface area contributed by atoms with Crippen LogP contribution in [0.15, 0.2) is 58.6 Å². The maximum absolute atomic E-state index is 13.0. The third-order valence-corrected chi connectivity index (χ3v) is 6.79. The number of aliphatic carboxylic acids is 1. The van der Waals surface area contributed by atoms with Crippen LogP contribution in [0.3, 0.4) is 0 Å². The minimum absolute atomic E-state index is 0. The Morgan fingerprint density at radius 1 is 1.38 bits per heavy atom. The van der Waals surface area contributed by atoms with Gasteiger partial charge in [0.05, 0.1) is 5.69 Å². The molecule has 1 aromatic carbocycles. The molecule has 0 bridgehead atoms. The van der Waals surface area contributed by atoms with Gasteiger partial charge in [-0.05, 0) is 30.4 Å². The molecule has 2 aliphatic rings. The summed E-state index contributed by atoms with van der Waals surface area (Å²) in [5.74, 6) is -1.76. The number of thioether (sulfide) groups is 1. The second-order valence-electron chi connectivity index (χ2n) is 6.92. The molecular weight excluding hydrogens is 459 g/mol. The van der Waals surface area contributed by atoms with Gasteiger partial charge in [0, 0.05) is 16.7 Å². The molecule has 11 heteroatoms. The fraction of sp³-hybridized carbons (Fsp3) is 0.238. The summed E-state index contributed by atoms with van der Waals surface area (Å²) in [7, 11) is 0. The zero-order valence-electron chi connectivity index (χ0n) is 17.3. The largest absolute Gasteiger partial charge is 1.00 e. The van der Waals surface area contributed by atoms with Crippen LogP contribution >= 0.6 is 23.1 Å². The molecule has 0 radical (unpaired) electrons. The van der Waals surface area contributed by atoms with Gasteiger partial charge in [-0.15, -0.1) is 23.1 Å². The van der Waals surface area contributed by atoms with Crippen molar-refractivity contribution in [1.29, 1.82) is 0 Å². The number of benzene rings is 1. The van der Waals surface area contributed by atoms with Gasteiger partial charge in [0.15, 0.2) is 11.2 Å². The van der Waals surface area contributed by atoms with Crippen LogP contribution in [0.25, 0.3) is 5.57 Å². The van der Waals surface area contributed by atoms with Crippen LogP contribution in [0.2, 0.25) is 0 Å². The molecule has 0 spiro atoms. The predicted octanol–water partition coefficient (Wildman–Crippen LogP) is -1.24. The van der Waals surface area contributed by atoms with E-state index in [1.165, 1.54) is 34.1 Å². The molecule has 160 valence electrons. The number of nitrogen functional groups attached to an aromatic ring is 1. The van der Waals surface area contributed by atoms with E-state index in [2.05, 4.69) is 9.98 Å². The Labute approximate surface area is 215 Å². The van der Waals surface area contributed by atoms with E-state index in [0.29, 0.717) is 28.6 Å². The number of aliphatic imine (C=N–C) groups is 1. The van der Waals surface area contributed by atoms with Gasteiger partial charge < -0.3 is 15.9 Å². The van der Waals surface area contributed by atoms with Crippen LogP contribution in [0.5, 0.6) is 0 Å². The standard InChI is InChI=1S/C21H20N4O4S2.Na/c22-21-23-14(11-31-21)13(8-4-7-12-5-2-1-3-6-12)17(26)24-16-18(27)25-15(20(28)29)9-10-30-19(16)25;/h1-3,5-6,8-9,11,16,19H,4,7,10H2,(H2,22,23)(H,24,26)(H,28,29);/q;+1/p-1/b13-8-;/t16-,19-;/m1./s1. The van der Waals surface area contributed by atoms with Gasteiger partial charge in [0.2, 0.25) is 0 Å². The smallest absolute Gasteiger partial charge is 0.858 e. The number of β-lactam (4-membered cyclic amide) rings is 1. The number of aryl methyl sites for hydroxylation is 1. The third-order valence-electron chi connectivity index (χ3n) is 4.95. The molecule has 2 aliphatic heterocycles. The van der Waals surface area contributed by atoms with Crippen molar-refractivity contribution in [3.8, 4) is 0 Å². The number of rotatable bonds is 7. The number of thiazole rings is 1. The number of aromatic nitrogens is 1. The minimum atomic E-state index is -1.16. The number of fused-ring (bicyclic) bond motifs is 1. The molecule has 3 N–H and O–H groups in total. The van der Waals surface area contributed by atoms with Crippen molar-refractivity contribution < 1.29 is 49.4 Å². The number of carbonyl (C=O) groups excluding carboxylic acids is 1. The number of carbonyl (C=O) groups is 2. The van der Waals surface area contributed by atoms with Crippen molar-refractivity contribution in [1.82, 2.24) is 9.88 Å². The van der Waals surface area contributed by atoms with Crippen LogP contribution in [-0.4, -0.2) is 49.9 Å². The summed E-state index contributed by atoms with van der Waals surface area (Å²) in [6, 6.07) is 8.97. The van der Waals surface area contributed by atoms with Crippen LogP contribution in [-0.2, 0) is 16.0 Å². The van der Waals surface area contributed by atoms with Gasteiger partial charge in [-0.1, -0.05) is 36.4 Å². The number of hydrogen-bond donors (Lipinski definition) is 2. The number of anilines is 1. The van der Waals surface area contributed by atoms with E-state index < -0.39 is 29.2 Å². The molecular formula is C21H19N4NaO4S2. The van der Waals surface area contributed by atoms with Crippen molar-refractivity contribution in [2.45, 2.75) is 24.3 Å². The molecule has 1 amide bonds. The van der Waals surface area contributed by atoms with Gasteiger partial charge in [0.1, 0.15) is 11.1 Å². The van der Waals surface area contributed by atoms with Gasteiger partial charge in [-0.3, -0.25) is 14.7 Å². The Balaban J connectivity index is 0.00000289. The predicted molar refractivity (Wildman–Crippen MR) is 119 cm³/mol. The second-order valence-corrected chi connectivity index (χ2v) is 8.96. The van der Waals surface area contributed by atoms with E-state index in [-0.39, 0.29) is 35.3 Å². The Morgan fingerprint density at radius 2 is 2.12 bits per heavy atom. The molecule has 3 heterocycles. The van der Waals surface area contributed by atoms with E-state index in [1.54, 1.807) is 11.5 Å². The number of hydrogen-bond acceptors (Lipinski definition) is 8. The van der Waals surface area contributed by atoms with Crippen molar-refractivity contribution in [3.63, 3.8) is 0 Å². The van der Waals surface area contributed by atoms with Gasteiger partial charge in [0.25, 0.3) is 5.91 Å². The van der Waals surface area contributed by atoms with E-state index in [0.717, 1.165) is 12.0 Å². The first-order chi connectivity index (χ1) is 15.0. The van der Waals surface area contributed by atoms with Crippen molar-refractivity contribution in [2.75, 3.05) is 11.5 Å². The van der Waals surface area contributed by atoms with E-state index in [4.69, 9.17) is 5.73 Å². The number of nitrogens with zero attached hydrogens (tertiary/aromatic N) is 3. The summed E-state index contributed by atoms with van der Waals surface area (Å²) in [5.41, 5.74) is 7.54. The summed E-state index contributed by atoms with van der Waals surface area (Å²) in [5, 5.41) is 23.8. The molecule has 2 atom stereocenters. The number of allylic oxidation sites excluding steroid dienone is 1. The average molecular weight is 479 g/mol.